The van der Waals surface area contributed by atoms with E-state index in [0.717, 1.165) is 0 Å². The molecule has 1 amide bonds. The molecule has 0 aliphatic carbocycles. The van der Waals surface area contributed by atoms with Gasteiger partial charge >= 0.3 is 0 Å². The molecule has 0 aliphatic rings. The molecule has 0 saturated heterocycles. The van der Waals surface area contributed by atoms with Gasteiger partial charge in [0.1, 0.15) is 11.6 Å². The summed E-state index contributed by atoms with van der Waals surface area (Å²) in [4.78, 5) is 30.9. The molecular formula is C20H15Cl2FN4O2. The van der Waals surface area contributed by atoms with Crippen LogP contribution in [0.25, 0.3) is 0 Å². The van der Waals surface area contributed by atoms with E-state index in [1.54, 1.807) is 36.4 Å². The van der Waals surface area contributed by atoms with Crippen LogP contribution in [0.1, 0.15) is 15.9 Å². The Balaban J connectivity index is 1.83. The molecule has 0 bridgehead atoms. The Morgan fingerprint density at radius 3 is 2.52 bits per heavy atom. The second kappa shape index (κ2) is 9.36. The molecule has 9 heteroatoms. The number of nitrogens with one attached hydrogen (secondary N) is 3. The summed E-state index contributed by atoms with van der Waals surface area (Å²) >= 11 is 11.6. The monoisotopic (exact) mass is 432 g/mol. The number of benzene rings is 2. The highest BCUT2D eigenvalue weighted by Gasteiger charge is 2.10. The van der Waals surface area contributed by atoms with Crippen LogP contribution < -0.4 is 16.2 Å². The molecule has 3 N–H and O–H groups in total. The van der Waals surface area contributed by atoms with Gasteiger partial charge in [-0.05, 0) is 48.0 Å². The second-order valence-corrected chi connectivity index (χ2v) is 6.77. The van der Waals surface area contributed by atoms with Gasteiger partial charge in [0, 0.05) is 16.7 Å². The zero-order valence-corrected chi connectivity index (χ0v) is 16.4. The number of guanidine groups is 1. The van der Waals surface area contributed by atoms with Crippen LogP contribution in [0.2, 0.25) is 10.0 Å². The SMILES string of the molecule is O=C(NC(=NCc1ccc(F)c(Cl)c1)Nc1cccc(=O)[nH]1)c1ccc(Cl)cc1. The maximum absolute atomic E-state index is 13.3. The highest BCUT2D eigenvalue weighted by atomic mass is 35.5. The molecule has 0 aliphatic heterocycles. The van der Waals surface area contributed by atoms with Crippen molar-refractivity contribution in [2.24, 2.45) is 4.99 Å². The number of hydrogen-bond acceptors (Lipinski definition) is 3. The van der Waals surface area contributed by atoms with Crippen molar-refractivity contribution in [3.05, 3.63) is 98.0 Å². The zero-order valence-electron chi connectivity index (χ0n) is 14.9. The first-order chi connectivity index (χ1) is 13.9. The average molecular weight is 433 g/mol. The fraction of sp³-hybridized carbons (Fsp3) is 0.0500. The third-order valence-corrected chi connectivity index (χ3v) is 4.31. The first kappa shape index (κ1) is 20.6. The van der Waals surface area contributed by atoms with Gasteiger partial charge in [0.2, 0.25) is 11.5 Å². The van der Waals surface area contributed by atoms with E-state index in [2.05, 4.69) is 20.6 Å². The van der Waals surface area contributed by atoms with Gasteiger partial charge in [-0.2, -0.15) is 0 Å². The summed E-state index contributed by atoms with van der Waals surface area (Å²) in [6.45, 7) is 0.111. The van der Waals surface area contributed by atoms with Crippen molar-refractivity contribution < 1.29 is 9.18 Å². The van der Waals surface area contributed by atoms with E-state index in [-0.39, 0.29) is 23.1 Å². The van der Waals surface area contributed by atoms with Gasteiger partial charge in [-0.3, -0.25) is 14.9 Å². The second-order valence-electron chi connectivity index (χ2n) is 5.93. The first-order valence-corrected chi connectivity index (χ1v) is 9.18. The van der Waals surface area contributed by atoms with Crippen LogP contribution in [-0.2, 0) is 6.54 Å². The van der Waals surface area contributed by atoms with Gasteiger partial charge in [-0.25, -0.2) is 9.38 Å². The fourth-order valence-electron chi connectivity index (χ4n) is 2.35. The molecule has 2 aromatic carbocycles. The summed E-state index contributed by atoms with van der Waals surface area (Å²) in [6.07, 6.45) is 0. The van der Waals surface area contributed by atoms with Crippen molar-refractivity contribution in [3.63, 3.8) is 0 Å². The Labute approximate surface area is 175 Å². The summed E-state index contributed by atoms with van der Waals surface area (Å²) in [5, 5.41) is 5.98. The van der Waals surface area contributed by atoms with Crippen LogP contribution in [0.5, 0.6) is 0 Å². The summed E-state index contributed by atoms with van der Waals surface area (Å²) in [5.41, 5.74) is 0.692. The predicted molar refractivity (Wildman–Crippen MR) is 112 cm³/mol. The van der Waals surface area contributed by atoms with Gasteiger partial charge in [0.05, 0.1) is 11.6 Å². The van der Waals surface area contributed by atoms with Gasteiger partial charge in [-0.15, -0.1) is 0 Å². The molecule has 0 atom stereocenters. The smallest absolute Gasteiger partial charge is 0.257 e. The average Bonchev–Trinajstić information content (AvgIpc) is 2.69. The molecule has 0 spiro atoms. The largest absolute Gasteiger partial charge is 0.312 e. The van der Waals surface area contributed by atoms with Crippen LogP contribution in [0.4, 0.5) is 10.2 Å². The molecule has 6 nitrogen and oxygen atoms in total. The highest BCUT2D eigenvalue weighted by Crippen LogP contribution is 2.16. The third-order valence-electron chi connectivity index (χ3n) is 3.76. The van der Waals surface area contributed by atoms with Crippen molar-refractivity contribution in [1.29, 1.82) is 0 Å². The summed E-state index contributed by atoms with van der Waals surface area (Å²) < 4.78 is 13.3. The van der Waals surface area contributed by atoms with E-state index >= 15 is 0 Å². The lowest BCUT2D eigenvalue weighted by atomic mass is 10.2. The lowest BCUT2D eigenvalue weighted by Crippen LogP contribution is -2.36. The van der Waals surface area contributed by atoms with E-state index in [9.17, 15) is 14.0 Å². The van der Waals surface area contributed by atoms with Crippen molar-refractivity contribution >= 4 is 40.9 Å². The number of aromatic amines is 1. The molecule has 0 fully saturated rings. The predicted octanol–water partition coefficient (Wildman–Crippen LogP) is 4.22. The standard InChI is InChI=1S/C20H15Cl2FN4O2/c21-14-7-5-13(6-8-14)19(29)27-20(26-17-2-1-3-18(28)25-17)24-11-12-4-9-16(23)15(22)10-12/h1-10H,11H2,(H3,24,25,26,27,28,29). The van der Waals surface area contributed by atoms with Crippen molar-refractivity contribution in [1.82, 2.24) is 10.3 Å². The zero-order chi connectivity index (χ0) is 20.8. The molecule has 0 unspecified atom stereocenters. The van der Waals surface area contributed by atoms with Crippen LogP contribution in [0.15, 0.2) is 70.5 Å². The van der Waals surface area contributed by atoms with E-state index in [1.165, 1.54) is 24.3 Å². The minimum Gasteiger partial charge on any atom is -0.312 e. The molecule has 3 rings (SSSR count). The van der Waals surface area contributed by atoms with Crippen LogP contribution in [-0.4, -0.2) is 16.9 Å². The Kier molecular flexibility index (Phi) is 6.64. The van der Waals surface area contributed by atoms with E-state index in [0.29, 0.717) is 22.0 Å². The Hall–Kier alpha value is -3.16. The number of pyridine rings is 1. The number of rotatable bonds is 4. The maximum Gasteiger partial charge on any atom is 0.257 e. The van der Waals surface area contributed by atoms with E-state index in [1.807, 2.05) is 0 Å². The first-order valence-electron chi connectivity index (χ1n) is 8.42. The van der Waals surface area contributed by atoms with Gasteiger partial charge in [-0.1, -0.05) is 35.3 Å². The molecule has 1 aromatic heterocycles. The minimum absolute atomic E-state index is 0.0233. The van der Waals surface area contributed by atoms with E-state index in [4.69, 9.17) is 23.2 Å². The number of carbonyl (C=O) groups is 1. The van der Waals surface area contributed by atoms with Crippen molar-refractivity contribution in [2.45, 2.75) is 6.54 Å². The van der Waals surface area contributed by atoms with Crippen LogP contribution in [0, 0.1) is 5.82 Å². The normalized spacial score (nSPS) is 11.2. The molecule has 148 valence electrons. The summed E-state index contributed by atoms with van der Waals surface area (Å²) in [5.74, 6) is -0.531. The number of aliphatic imine (C=N–C) groups is 1. The van der Waals surface area contributed by atoms with Crippen molar-refractivity contribution in [3.8, 4) is 0 Å². The summed E-state index contributed by atoms with van der Waals surface area (Å²) in [6, 6.07) is 15.1. The van der Waals surface area contributed by atoms with Crippen LogP contribution >= 0.6 is 23.2 Å². The highest BCUT2D eigenvalue weighted by molar-refractivity contribution is 6.31. The topological polar surface area (TPSA) is 86.3 Å². The number of carbonyl (C=O) groups excluding carboxylic acids is 1. The van der Waals surface area contributed by atoms with Gasteiger partial charge in [0.25, 0.3) is 5.91 Å². The Morgan fingerprint density at radius 1 is 1.07 bits per heavy atom. The van der Waals surface area contributed by atoms with Crippen LogP contribution in [0.3, 0.4) is 0 Å². The molecule has 29 heavy (non-hydrogen) atoms. The number of H-pyrrole nitrogens is 1. The number of aromatic nitrogens is 1. The number of amides is 1. The minimum atomic E-state index is -0.532. The molecule has 1 heterocycles. The maximum atomic E-state index is 13.3. The quantitative estimate of drug-likeness (QED) is 0.426. The van der Waals surface area contributed by atoms with Gasteiger partial charge < -0.3 is 10.3 Å². The molecule has 0 saturated carbocycles. The number of hydrogen-bond donors (Lipinski definition) is 3. The lowest BCUT2D eigenvalue weighted by molar-refractivity contribution is 0.0977. The Bertz CT molecular complexity index is 1110. The molecule has 3 aromatic rings. The molecule has 0 radical (unpaired) electrons. The number of anilines is 1. The van der Waals surface area contributed by atoms with Crippen molar-refractivity contribution in [2.75, 3.05) is 5.32 Å². The number of halogens is 3. The lowest BCUT2D eigenvalue weighted by Gasteiger charge is -2.12. The van der Waals surface area contributed by atoms with E-state index < -0.39 is 11.7 Å². The number of nitrogens with zero attached hydrogens (tertiary/aromatic N) is 1. The fourth-order valence-corrected chi connectivity index (χ4v) is 2.68. The molecular weight excluding hydrogens is 418 g/mol. The van der Waals surface area contributed by atoms with Gasteiger partial charge in [0.15, 0.2) is 0 Å². The Morgan fingerprint density at radius 2 is 1.83 bits per heavy atom. The third kappa shape index (κ3) is 5.91. The summed E-state index contributed by atoms with van der Waals surface area (Å²) in [7, 11) is 0.